The molecule has 0 saturated heterocycles. The van der Waals surface area contributed by atoms with E-state index in [1.165, 1.54) is 16.8 Å². The minimum Gasteiger partial charge on any atom is -0.353 e. The molecule has 0 spiro atoms. The lowest BCUT2D eigenvalue weighted by atomic mass is 10.1. The maximum absolute atomic E-state index is 12.7. The Kier molecular flexibility index (Phi) is 3.98. The van der Waals surface area contributed by atoms with E-state index in [9.17, 15) is 18.0 Å². The number of alkyl halides is 3. The van der Waals surface area contributed by atoms with Crippen LogP contribution in [0.15, 0.2) is 38.2 Å². The van der Waals surface area contributed by atoms with Crippen LogP contribution in [0.4, 0.5) is 13.2 Å². The summed E-state index contributed by atoms with van der Waals surface area (Å²) in [5.41, 5.74) is 0.0300. The third-order valence-corrected chi connectivity index (χ3v) is 4.27. The van der Waals surface area contributed by atoms with E-state index in [1.807, 2.05) is 0 Å². The fourth-order valence-corrected chi connectivity index (χ4v) is 2.86. The van der Waals surface area contributed by atoms with Gasteiger partial charge in [0.15, 0.2) is 4.60 Å². The zero-order chi connectivity index (χ0) is 17.6. The number of fused-ring (bicyclic) bond motifs is 1. The lowest BCUT2D eigenvalue weighted by Crippen LogP contribution is -2.27. The highest BCUT2D eigenvalue weighted by Crippen LogP contribution is 2.30. The molecule has 0 N–H and O–H groups in total. The monoisotopic (exact) mass is 401 g/mol. The van der Waals surface area contributed by atoms with Gasteiger partial charge in [-0.1, -0.05) is 17.3 Å². The first-order valence-electron chi connectivity index (χ1n) is 6.91. The summed E-state index contributed by atoms with van der Waals surface area (Å²) in [7, 11) is 0. The second kappa shape index (κ2) is 5.73. The van der Waals surface area contributed by atoms with E-state index in [-0.39, 0.29) is 11.0 Å². The van der Waals surface area contributed by atoms with E-state index < -0.39 is 23.3 Å². The summed E-state index contributed by atoms with van der Waals surface area (Å²) in [4.78, 5) is 12.6. The Morgan fingerprint density at radius 3 is 2.46 bits per heavy atom. The van der Waals surface area contributed by atoms with Crippen molar-refractivity contribution < 1.29 is 17.7 Å². The molecule has 3 rings (SSSR count). The second-order valence-corrected chi connectivity index (χ2v) is 6.06. The third-order valence-electron chi connectivity index (χ3n) is 3.75. The average molecular weight is 402 g/mol. The van der Waals surface area contributed by atoms with Crippen molar-refractivity contribution in [3.05, 3.63) is 56.0 Å². The number of aryl methyl sites for hydroxylation is 1. The molecule has 0 fully saturated rings. The first-order chi connectivity index (χ1) is 11.2. The van der Waals surface area contributed by atoms with E-state index >= 15 is 0 Å². The topological polar surface area (TPSA) is 60.9 Å². The first kappa shape index (κ1) is 16.7. The number of hydrogen-bond donors (Lipinski definition) is 0. The summed E-state index contributed by atoms with van der Waals surface area (Å²) in [6, 6.07) is 4.07. The number of halogens is 4. The quantitative estimate of drug-likeness (QED) is 0.648. The number of aromatic nitrogens is 3. The Labute approximate surface area is 142 Å². The molecule has 0 radical (unpaired) electrons. The standard InChI is InChI=1S/C15H11BrF3N3O2/c1-7-11-12(24-21-7)13(16)20-22(14(11)23)8(2)9-3-5-10(6-4-9)15(17,18)19/h3-6,8H,1-2H3. The number of nitrogens with zero attached hydrogens (tertiary/aromatic N) is 3. The van der Waals surface area contributed by atoms with Crippen LogP contribution in [-0.2, 0) is 6.18 Å². The Morgan fingerprint density at radius 1 is 1.25 bits per heavy atom. The molecule has 1 atom stereocenters. The molecule has 126 valence electrons. The van der Waals surface area contributed by atoms with Gasteiger partial charge in [0.1, 0.15) is 5.39 Å². The predicted octanol–water partition coefficient (Wildman–Crippen LogP) is 4.08. The van der Waals surface area contributed by atoms with Gasteiger partial charge in [-0.15, -0.1) is 0 Å². The van der Waals surface area contributed by atoms with Crippen LogP contribution in [0.2, 0.25) is 0 Å². The van der Waals surface area contributed by atoms with Crippen molar-refractivity contribution in [1.82, 2.24) is 14.9 Å². The third kappa shape index (κ3) is 2.72. The fourth-order valence-electron chi connectivity index (χ4n) is 2.42. The molecule has 0 saturated carbocycles. The number of benzene rings is 1. The molecule has 0 aliphatic carbocycles. The summed E-state index contributed by atoms with van der Waals surface area (Å²) >= 11 is 3.22. The van der Waals surface area contributed by atoms with Gasteiger partial charge >= 0.3 is 6.18 Å². The minimum absolute atomic E-state index is 0.244. The SMILES string of the molecule is Cc1noc2c(Br)nn(C(C)c3ccc(C(F)(F)F)cc3)c(=O)c12. The Morgan fingerprint density at radius 2 is 1.88 bits per heavy atom. The van der Waals surface area contributed by atoms with Crippen molar-refractivity contribution in [2.45, 2.75) is 26.1 Å². The minimum atomic E-state index is -4.40. The van der Waals surface area contributed by atoms with Gasteiger partial charge < -0.3 is 4.52 Å². The summed E-state index contributed by atoms with van der Waals surface area (Å²) in [5.74, 6) is 0. The molecular formula is C15H11BrF3N3O2. The van der Waals surface area contributed by atoms with Crippen LogP contribution < -0.4 is 5.56 Å². The second-order valence-electron chi connectivity index (χ2n) is 5.31. The zero-order valence-electron chi connectivity index (χ0n) is 12.6. The maximum Gasteiger partial charge on any atom is 0.416 e. The maximum atomic E-state index is 12.7. The van der Waals surface area contributed by atoms with E-state index in [4.69, 9.17) is 4.52 Å². The molecule has 0 amide bonds. The van der Waals surface area contributed by atoms with Crippen LogP contribution >= 0.6 is 15.9 Å². The van der Waals surface area contributed by atoms with Gasteiger partial charge in [0.2, 0.25) is 5.58 Å². The van der Waals surface area contributed by atoms with Gasteiger partial charge in [0.05, 0.1) is 17.3 Å². The predicted molar refractivity (Wildman–Crippen MR) is 83.8 cm³/mol. The summed E-state index contributed by atoms with van der Waals surface area (Å²) < 4.78 is 44.5. The zero-order valence-corrected chi connectivity index (χ0v) is 14.1. The Bertz CT molecular complexity index is 961. The molecule has 0 aliphatic heterocycles. The van der Waals surface area contributed by atoms with Crippen molar-refractivity contribution in [3.63, 3.8) is 0 Å². The molecule has 0 aliphatic rings. The highest BCUT2D eigenvalue weighted by Gasteiger charge is 2.30. The molecule has 1 unspecified atom stereocenters. The van der Waals surface area contributed by atoms with E-state index in [0.29, 0.717) is 15.9 Å². The van der Waals surface area contributed by atoms with Crippen LogP contribution in [0.1, 0.15) is 29.8 Å². The molecule has 3 aromatic rings. The van der Waals surface area contributed by atoms with Crippen LogP contribution in [0.5, 0.6) is 0 Å². The van der Waals surface area contributed by atoms with Crippen molar-refractivity contribution in [1.29, 1.82) is 0 Å². The molecule has 24 heavy (non-hydrogen) atoms. The highest BCUT2D eigenvalue weighted by atomic mass is 79.9. The van der Waals surface area contributed by atoms with Crippen molar-refractivity contribution in [2.75, 3.05) is 0 Å². The normalized spacial score (nSPS) is 13.4. The van der Waals surface area contributed by atoms with E-state index in [2.05, 4.69) is 26.2 Å². The van der Waals surface area contributed by atoms with Crippen LogP contribution in [0.25, 0.3) is 11.0 Å². The lowest BCUT2D eigenvalue weighted by molar-refractivity contribution is -0.137. The smallest absolute Gasteiger partial charge is 0.353 e. The van der Waals surface area contributed by atoms with Gasteiger partial charge in [-0.2, -0.15) is 18.3 Å². The first-order valence-corrected chi connectivity index (χ1v) is 7.71. The molecule has 2 heterocycles. The Balaban J connectivity index is 2.09. The summed E-state index contributed by atoms with van der Waals surface area (Å²) in [6.07, 6.45) is -4.40. The van der Waals surface area contributed by atoms with E-state index in [0.717, 1.165) is 12.1 Å². The number of rotatable bonds is 2. The van der Waals surface area contributed by atoms with Crippen LogP contribution in [-0.4, -0.2) is 14.9 Å². The largest absolute Gasteiger partial charge is 0.416 e. The summed E-state index contributed by atoms with van der Waals surface area (Å²) in [6.45, 7) is 3.31. The molecule has 0 bridgehead atoms. The highest BCUT2D eigenvalue weighted by molar-refractivity contribution is 9.10. The van der Waals surface area contributed by atoms with Crippen LogP contribution in [0, 0.1) is 6.92 Å². The molecular weight excluding hydrogens is 391 g/mol. The molecule has 2 aromatic heterocycles. The van der Waals surface area contributed by atoms with Crippen molar-refractivity contribution >= 4 is 26.9 Å². The summed E-state index contributed by atoms with van der Waals surface area (Å²) in [5, 5.41) is 8.16. The molecule has 1 aromatic carbocycles. The van der Waals surface area contributed by atoms with Gasteiger partial charge in [-0.25, -0.2) is 4.68 Å². The van der Waals surface area contributed by atoms with E-state index in [1.54, 1.807) is 13.8 Å². The average Bonchev–Trinajstić information content (AvgIpc) is 2.92. The fraction of sp³-hybridized carbons (Fsp3) is 0.267. The lowest BCUT2D eigenvalue weighted by Gasteiger charge is -2.15. The van der Waals surface area contributed by atoms with Crippen molar-refractivity contribution in [2.24, 2.45) is 0 Å². The Hall–Kier alpha value is -2.16. The van der Waals surface area contributed by atoms with Crippen LogP contribution in [0.3, 0.4) is 0 Å². The van der Waals surface area contributed by atoms with Gasteiger partial charge in [-0.3, -0.25) is 4.79 Å². The van der Waals surface area contributed by atoms with Gasteiger partial charge in [0, 0.05) is 0 Å². The van der Waals surface area contributed by atoms with Gasteiger partial charge in [0.25, 0.3) is 5.56 Å². The van der Waals surface area contributed by atoms with Gasteiger partial charge in [-0.05, 0) is 47.5 Å². The molecule has 9 heteroatoms. The van der Waals surface area contributed by atoms with Crippen molar-refractivity contribution in [3.8, 4) is 0 Å². The molecule has 5 nitrogen and oxygen atoms in total. The number of hydrogen-bond acceptors (Lipinski definition) is 4.